The third-order valence-electron chi connectivity index (χ3n) is 5.69. The topological polar surface area (TPSA) is 69.9 Å². The highest BCUT2D eigenvalue weighted by Crippen LogP contribution is 2.37. The summed E-state index contributed by atoms with van der Waals surface area (Å²) in [5.74, 6) is 1.02. The number of rotatable bonds is 6. The van der Waals surface area contributed by atoms with Crippen molar-refractivity contribution >= 4 is 29.3 Å². The molecule has 0 saturated carbocycles. The van der Waals surface area contributed by atoms with Crippen LogP contribution in [0.15, 0.2) is 75.2 Å². The van der Waals surface area contributed by atoms with Gasteiger partial charge in [0.15, 0.2) is 10.6 Å². The predicted molar refractivity (Wildman–Crippen MR) is 135 cm³/mol. The zero-order chi connectivity index (χ0) is 24.4. The van der Waals surface area contributed by atoms with Crippen molar-refractivity contribution in [1.29, 1.82) is 0 Å². The lowest BCUT2D eigenvalue weighted by Gasteiger charge is -2.26. The van der Waals surface area contributed by atoms with Gasteiger partial charge >= 0.3 is 0 Å². The van der Waals surface area contributed by atoms with Crippen LogP contribution >= 0.6 is 11.3 Å². The monoisotopic (exact) mass is 474 g/mol. The van der Waals surface area contributed by atoms with Crippen molar-refractivity contribution in [3.8, 4) is 11.5 Å². The fraction of sp³-hybridized carbons (Fsp3) is 0.222. The third kappa shape index (κ3) is 4.39. The Bertz CT molecular complexity index is 1490. The normalized spacial score (nSPS) is 16.2. The molecule has 6 nitrogen and oxygen atoms in total. The second kappa shape index (κ2) is 9.65. The molecular weight excluding hydrogens is 448 g/mol. The van der Waals surface area contributed by atoms with E-state index in [4.69, 9.17) is 9.47 Å². The summed E-state index contributed by atoms with van der Waals surface area (Å²) >= 11 is 1.31. The first-order valence-corrected chi connectivity index (χ1v) is 11.6. The maximum Gasteiger partial charge on any atom is 0.271 e. The zero-order valence-corrected chi connectivity index (χ0v) is 20.6. The van der Waals surface area contributed by atoms with Crippen LogP contribution in [0.3, 0.4) is 0 Å². The van der Waals surface area contributed by atoms with E-state index in [0.29, 0.717) is 37.7 Å². The van der Waals surface area contributed by atoms with Gasteiger partial charge in [0.1, 0.15) is 11.5 Å². The van der Waals surface area contributed by atoms with Crippen LogP contribution in [0.4, 0.5) is 0 Å². The van der Waals surface area contributed by atoms with Crippen molar-refractivity contribution in [3.63, 3.8) is 0 Å². The third-order valence-corrected chi connectivity index (χ3v) is 6.67. The fourth-order valence-corrected chi connectivity index (χ4v) is 5.27. The van der Waals surface area contributed by atoms with Crippen molar-refractivity contribution in [1.82, 2.24) is 4.57 Å². The Morgan fingerprint density at radius 1 is 1.09 bits per heavy atom. The Labute approximate surface area is 201 Å². The number of fused-ring (bicyclic) bond motifs is 1. The number of Topliss-reactive ketones (excluding diaryl/α,β-unsaturated/α-hetero) is 1. The van der Waals surface area contributed by atoms with Crippen molar-refractivity contribution in [2.75, 3.05) is 14.2 Å². The van der Waals surface area contributed by atoms with Gasteiger partial charge in [-0.3, -0.25) is 14.2 Å². The molecule has 4 rings (SSSR count). The molecule has 1 aliphatic heterocycles. The lowest BCUT2D eigenvalue weighted by molar-refractivity contribution is -0.114. The largest absolute Gasteiger partial charge is 0.497 e. The minimum absolute atomic E-state index is 0.140. The molecule has 1 unspecified atom stereocenters. The Morgan fingerprint density at radius 2 is 1.82 bits per heavy atom. The molecule has 0 amide bonds. The number of hydrogen-bond acceptors (Lipinski definition) is 6. The molecule has 0 bridgehead atoms. The smallest absolute Gasteiger partial charge is 0.271 e. The van der Waals surface area contributed by atoms with E-state index in [1.54, 1.807) is 37.8 Å². The van der Waals surface area contributed by atoms with Gasteiger partial charge in [0.2, 0.25) is 0 Å². The second-order valence-corrected chi connectivity index (χ2v) is 9.05. The SMILES string of the molecule is COc1ccc(C2C(C(C)=O)=C(C)N=c3sc(=CC(C)=Cc4ccccc4)c(=O)n32)c(OC)c1. The van der Waals surface area contributed by atoms with Crippen molar-refractivity contribution in [2.24, 2.45) is 4.99 Å². The lowest BCUT2D eigenvalue weighted by atomic mass is 9.92. The Morgan fingerprint density at radius 3 is 2.47 bits per heavy atom. The van der Waals surface area contributed by atoms with Crippen LogP contribution in [0.2, 0.25) is 0 Å². The van der Waals surface area contributed by atoms with Crippen LogP contribution in [0.1, 0.15) is 37.9 Å². The molecule has 34 heavy (non-hydrogen) atoms. The van der Waals surface area contributed by atoms with Crippen LogP contribution in [-0.4, -0.2) is 24.6 Å². The first kappa shape index (κ1) is 23.4. The minimum atomic E-state index is -0.643. The van der Waals surface area contributed by atoms with E-state index in [1.807, 2.05) is 55.5 Å². The molecule has 3 aromatic rings. The van der Waals surface area contributed by atoms with Gasteiger partial charge in [-0.15, -0.1) is 0 Å². The molecule has 0 aliphatic carbocycles. The Balaban J connectivity index is 1.94. The summed E-state index contributed by atoms with van der Waals surface area (Å²) in [4.78, 5) is 31.5. The number of benzene rings is 2. The van der Waals surface area contributed by atoms with Crippen LogP contribution in [0.5, 0.6) is 11.5 Å². The van der Waals surface area contributed by atoms with Gasteiger partial charge in [0.25, 0.3) is 5.56 Å². The van der Waals surface area contributed by atoms with Crippen LogP contribution < -0.4 is 24.4 Å². The predicted octanol–water partition coefficient (Wildman–Crippen LogP) is 3.90. The molecule has 2 heterocycles. The highest BCUT2D eigenvalue weighted by atomic mass is 32.1. The molecular formula is C27H26N2O4S. The summed E-state index contributed by atoms with van der Waals surface area (Å²) in [5.41, 5.74) is 3.57. The van der Waals surface area contributed by atoms with Gasteiger partial charge in [0, 0.05) is 22.9 Å². The quantitative estimate of drug-likeness (QED) is 0.543. The van der Waals surface area contributed by atoms with E-state index < -0.39 is 6.04 Å². The maximum absolute atomic E-state index is 13.6. The first-order valence-electron chi connectivity index (χ1n) is 10.8. The molecule has 0 saturated heterocycles. The molecule has 1 aliphatic rings. The van der Waals surface area contributed by atoms with Gasteiger partial charge in [-0.1, -0.05) is 47.7 Å². The van der Waals surface area contributed by atoms with Crippen LogP contribution in [-0.2, 0) is 4.79 Å². The number of carbonyl (C=O) groups excluding carboxylic acids is 1. The molecule has 174 valence electrons. The summed E-state index contributed by atoms with van der Waals surface area (Å²) < 4.78 is 13.1. The summed E-state index contributed by atoms with van der Waals surface area (Å²) in [5, 5.41) is 0. The fourth-order valence-electron chi connectivity index (χ4n) is 4.17. The van der Waals surface area contributed by atoms with Gasteiger partial charge in [-0.25, -0.2) is 4.99 Å². The number of ether oxygens (including phenoxy) is 2. The number of hydrogen-bond donors (Lipinski definition) is 0. The van der Waals surface area contributed by atoms with Crippen LogP contribution in [0.25, 0.3) is 12.2 Å². The van der Waals surface area contributed by atoms with Crippen molar-refractivity contribution in [2.45, 2.75) is 26.8 Å². The molecule has 0 N–H and O–H groups in total. The molecule has 1 aromatic heterocycles. The number of carbonyl (C=O) groups is 1. The summed E-state index contributed by atoms with van der Waals surface area (Å²) in [6.07, 6.45) is 3.89. The van der Waals surface area contributed by atoms with E-state index in [1.165, 1.54) is 18.3 Å². The molecule has 0 fully saturated rings. The summed E-state index contributed by atoms with van der Waals surface area (Å²) in [7, 11) is 3.14. The number of methoxy groups -OCH3 is 2. The molecule has 0 spiro atoms. The van der Waals surface area contributed by atoms with Gasteiger partial charge < -0.3 is 9.47 Å². The molecule has 7 heteroatoms. The molecule has 0 radical (unpaired) electrons. The maximum atomic E-state index is 13.6. The number of allylic oxidation sites excluding steroid dienone is 3. The van der Waals surface area contributed by atoms with E-state index in [9.17, 15) is 9.59 Å². The first-order chi connectivity index (χ1) is 16.3. The summed E-state index contributed by atoms with van der Waals surface area (Å²) in [6.45, 7) is 5.26. The number of aromatic nitrogens is 1. The van der Waals surface area contributed by atoms with Gasteiger partial charge in [0.05, 0.1) is 24.8 Å². The Hall–Kier alpha value is -3.71. The zero-order valence-electron chi connectivity index (χ0n) is 19.8. The minimum Gasteiger partial charge on any atom is -0.497 e. The summed E-state index contributed by atoms with van der Waals surface area (Å²) in [6, 6.07) is 14.7. The highest BCUT2D eigenvalue weighted by Gasteiger charge is 2.32. The molecule has 1 atom stereocenters. The van der Waals surface area contributed by atoms with E-state index in [0.717, 1.165) is 11.1 Å². The molecule has 2 aromatic carbocycles. The average Bonchev–Trinajstić information content (AvgIpc) is 3.12. The van der Waals surface area contributed by atoms with Gasteiger partial charge in [-0.05, 0) is 50.1 Å². The van der Waals surface area contributed by atoms with Crippen molar-refractivity contribution in [3.05, 3.63) is 96.2 Å². The average molecular weight is 475 g/mol. The van der Waals surface area contributed by atoms with Crippen molar-refractivity contribution < 1.29 is 14.3 Å². The van der Waals surface area contributed by atoms with E-state index >= 15 is 0 Å². The number of thiazole rings is 1. The van der Waals surface area contributed by atoms with Crippen LogP contribution in [0, 0.1) is 0 Å². The second-order valence-electron chi connectivity index (χ2n) is 8.04. The standard InChI is InChI=1S/C27H26N2O4S/c1-16(13-19-9-7-6-8-10-19)14-23-26(31)29-25(21-12-11-20(32-4)15-22(21)33-5)24(18(3)30)17(2)28-27(29)34-23/h6-15,25H,1-5H3. The Kier molecular flexibility index (Phi) is 6.65. The highest BCUT2D eigenvalue weighted by molar-refractivity contribution is 7.07. The van der Waals surface area contributed by atoms with E-state index in [2.05, 4.69) is 4.99 Å². The lowest BCUT2D eigenvalue weighted by Crippen LogP contribution is -2.39. The number of nitrogens with zero attached hydrogens (tertiary/aromatic N) is 2. The number of ketones is 1. The van der Waals surface area contributed by atoms with E-state index in [-0.39, 0.29) is 11.3 Å². The van der Waals surface area contributed by atoms with Gasteiger partial charge in [-0.2, -0.15) is 0 Å².